The lowest BCUT2D eigenvalue weighted by Crippen LogP contribution is -2.22. The van der Waals surface area contributed by atoms with E-state index in [0.717, 1.165) is 0 Å². The van der Waals surface area contributed by atoms with E-state index in [9.17, 15) is 9.59 Å². The van der Waals surface area contributed by atoms with Crippen LogP contribution in [0.15, 0.2) is 11.1 Å². The average molecular weight is 170 g/mol. The quantitative estimate of drug-likeness (QED) is 0.585. The number of carbonyl (C=O) groups is 2. The molecule has 0 aliphatic rings. The van der Waals surface area contributed by atoms with Crippen LogP contribution < -0.4 is 11.5 Å². The second kappa shape index (κ2) is 4.54. The van der Waals surface area contributed by atoms with Gasteiger partial charge in [-0.2, -0.15) is 0 Å². The van der Waals surface area contributed by atoms with Gasteiger partial charge in [-0.1, -0.05) is 13.8 Å². The van der Waals surface area contributed by atoms with Crippen molar-refractivity contribution in [1.82, 2.24) is 0 Å². The molecule has 0 aromatic carbocycles. The summed E-state index contributed by atoms with van der Waals surface area (Å²) in [7, 11) is 0. The number of hydrogen-bond acceptors (Lipinski definition) is 2. The Morgan fingerprint density at radius 3 is 1.25 bits per heavy atom. The Hall–Kier alpha value is -1.32. The van der Waals surface area contributed by atoms with Crippen LogP contribution in [0, 0.1) is 0 Å². The van der Waals surface area contributed by atoms with Crippen molar-refractivity contribution in [3.8, 4) is 0 Å². The molecule has 68 valence electrons. The molecule has 0 spiro atoms. The van der Waals surface area contributed by atoms with Crippen LogP contribution in [0.1, 0.15) is 26.7 Å². The normalized spacial score (nSPS) is 12.2. The Labute approximate surface area is 71.6 Å². The zero-order valence-corrected chi connectivity index (χ0v) is 7.39. The highest BCUT2D eigenvalue weighted by molar-refractivity contribution is 6.03. The second-order valence-electron chi connectivity index (χ2n) is 2.39. The SMILES string of the molecule is CC/C(C(N)=O)=C(/CC)C(N)=O. The number of nitrogens with two attached hydrogens (primary N) is 2. The van der Waals surface area contributed by atoms with Gasteiger partial charge in [-0.15, -0.1) is 0 Å². The number of carbonyl (C=O) groups excluding carboxylic acids is 2. The molecule has 0 rings (SSSR count). The molecule has 0 fully saturated rings. The molecule has 0 saturated carbocycles. The summed E-state index contributed by atoms with van der Waals surface area (Å²) in [4.78, 5) is 21.6. The van der Waals surface area contributed by atoms with Crippen molar-refractivity contribution in [1.29, 1.82) is 0 Å². The van der Waals surface area contributed by atoms with Crippen LogP contribution in [0.25, 0.3) is 0 Å². The minimum Gasteiger partial charge on any atom is -0.366 e. The summed E-state index contributed by atoms with van der Waals surface area (Å²) in [5.41, 5.74) is 10.8. The predicted octanol–water partition coefficient (Wildman–Crippen LogP) is 0.0736. The van der Waals surface area contributed by atoms with E-state index in [1.54, 1.807) is 13.8 Å². The first kappa shape index (κ1) is 10.7. The maximum Gasteiger partial charge on any atom is 0.245 e. The van der Waals surface area contributed by atoms with Crippen molar-refractivity contribution in [2.75, 3.05) is 0 Å². The van der Waals surface area contributed by atoms with E-state index in [2.05, 4.69) is 0 Å². The van der Waals surface area contributed by atoms with E-state index in [-0.39, 0.29) is 0 Å². The molecule has 0 aliphatic heterocycles. The molecular formula is C8H14N2O2. The van der Waals surface area contributed by atoms with Gasteiger partial charge >= 0.3 is 0 Å². The summed E-state index contributed by atoms with van der Waals surface area (Å²) in [6.45, 7) is 3.53. The molecule has 0 unspecified atom stereocenters. The highest BCUT2D eigenvalue weighted by Gasteiger charge is 2.12. The lowest BCUT2D eigenvalue weighted by molar-refractivity contribution is -0.117. The highest BCUT2D eigenvalue weighted by atomic mass is 16.2. The largest absolute Gasteiger partial charge is 0.366 e. The van der Waals surface area contributed by atoms with Gasteiger partial charge in [0.1, 0.15) is 0 Å². The number of rotatable bonds is 4. The zero-order chi connectivity index (χ0) is 9.72. The fraction of sp³-hybridized carbons (Fsp3) is 0.500. The number of primary amides is 2. The van der Waals surface area contributed by atoms with Crippen LogP contribution in [-0.2, 0) is 9.59 Å². The van der Waals surface area contributed by atoms with E-state index >= 15 is 0 Å². The van der Waals surface area contributed by atoms with Crippen molar-refractivity contribution in [2.45, 2.75) is 26.7 Å². The van der Waals surface area contributed by atoms with Crippen molar-refractivity contribution in [2.24, 2.45) is 11.5 Å². The van der Waals surface area contributed by atoms with Crippen LogP contribution in [-0.4, -0.2) is 11.8 Å². The lowest BCUT2D eigenvalue weighted by atomic mass is 10.0. The highest BCUT2D eigenvalue weighted by Crippen LogP contribution is 2.11. The molecule has 0 aromatic rings. The molecule has 4 nitrogen and oxygen atoms in total. The molecule has 4 N–H and O–H groups in total. The molecule has 0 saturated heterocycles. The van der Waals surface area contributed by atoms with Crippen LogP contribution in [0.4, 0.5) is 0 Å². The monoisotopic (exact) mass is 170 g/mol. The first-order valence-electron chi connectivity index (χ1n) is 3.86. The molecule has 0 aromatic heterocycles. The molecule has 4 heteroatoms. The average Bonchev–Trinajstić information content (AvgIpc) is 1.98. The molecule has 0 atom stereocenters. The van der Waals surface area contributed by atoms with Gasteiger partial charge in [0.25, 0.3) is 0 Å². The van der Waals surface area contributed by atoms with Gasteiger partial charge in [-0.05, 0) is 12.8 Å². The summed E-state index contributed by atoms with van der Waals surface area (Å²) >= 11 is 0. The van der Waals surface area contributed by atoms with E-state index in [1.807, 2.05) is 0 Å². The molecule has 12 heavy (non-hydrogen) atoms. The van der Waals surface area contributed by atoms with Crippen LogP contribution in [0.2, 0.25) is 0 Å². The Morgan fingerprint density at radius 1 is 0.917 bits per heavy atom. The minimum absolute atomic E-state index is 0.338. The van der Waals surface area contributed by atoms with Gasteiger partial charge in [0, 0.05) is 11.1 Å². The van der Waals surface area contributed by atoms with Crippen LogP contribution in [0.3, 0.4) is 0 Å². The van der Waals surface area contributed by atoms with E-state index in [4.69, 9.17) is 11.5 Å². The fourth-order valence-corrected chi connectivity index (χ4v) is 1.07. The van der Waals surface area contributed by atoms with Gasteiger partial charge in [-0.3, -0.25) is 9.59 Å². The number of amides is 2. The van der Waals surface area contributed by atoms with Crippen molar-refractivity contribution in [3.63, 3.8) is 0 Å². The van der Waals surface area contributed by atoms with E-state index in [1.165, 1.54) is 0 Å². The Balaban J connectivity index is 5.01. The molecule has 0 radical (unpaired) electrons. The third kappa shape index (κ3) is 2.38. The lowest BCUT2D eigenvalue weighted by Gasteiger charge is -2.05. The Morgan fingerprint density at radius 2 is 1.17 bits per heavy atom. The van der Waals surface area contributed by atoms with Gasteiger partial charge in [0.05, 0.1) is 0 Å². The fourth-order valence-electron chi connectivity index (χ4n) is 1.07. The summed E-state index contributed by atoms with van der Waals surface area (Å²) in [6, 6.07) is 0. The topological polar surface area (TPSA) is 86.2 Å². The number of hydrogen-bond donors (Lipinski definition) is 2. The van der Waals surface area contributed by atoms with Crippen molar-refractivity contribution in [3.05, 3.63) is 11.1 Å². The molecule has 2 amide bonds. The summed E-state index contributed by atoms with van der Waals surface area (Å²) in [5, 5.41) is 0. The molecule has 0 bridgehead atoms. The van der Waals surface area contributed by atoms with Gasteiger partial charge in [0.2, 0.25) is 11.8 Å². The first-order chi connectivity index (χ1) is 5.54. The Bertz CT molecular complexity index is 207. The van der Waals surface area contributed by atoms with E-state index < -0.39 is 11.8 Å². The van der Waals surface area contributed by atoms with Gasteiger partial charge < -0.3 is 11.5 Å². The minimum atomic E-state index is -0.562. The second-order valence-corrected chi connectivity index (χ2v) is 2.39. The predicted molar refractivity (Wildman–Crippen MR) is 46.0 cm³/mol. The van der Waals surface area contributed by atoms with Gasteiger partial charge in [-0.25, -0.2) is 0 Å². The van der Waals surface area contributed by atoms with E-state index in [0.29, 0.717) is 24.0 Å². The van der Waals surface area contributed by atoms with Crippen LogP contribution in [0.5, 0.6) is 0 Å². The van der Waals surface area contributed by atoms with Crippen molar-refractivity contribution < 1.29 is 9.59 Å². The third-order valence-corrected chi connectivity index (χ3v) is 1.67. The molecule has 0 heterocycles. The Kier molecular flexibility index (Phi) is 4.04. The standard InChI is InChI=1S/C8H14N2O2/c1-3-5(7(9)11)6(4-2)8(10)12/h3-4H2,1-2H3,(H2,9,11)(H2,10,12)/b6-5+. The van der Waals surface area contributed by atoms with Gasteiger partial charge in [0.15, 0.2) is 0 Å². The van der Waals surface area contributed by atoms with Crippen molar-refractivity contribution >= 4 is 11.8 Å². The first-order valence-corrected chi connectivity index (χ1v) is 3.86. The zero-order valence-electron chi connectivity index (χ0n) is 7.39. The maximum absolute atomic E-state index is 10.8. The third-order valence-electron chi connectivity index (χ3n) is 1.67. The molecule has 0 aliphatic carbocycles. The smallest absolute Gasteiger partial charge is 0.245 e. The molecular weight excluding hydrogens is 156 g/mol. The van der Waals surface area contributed by atoms with Crippen LogP contribution >= 0.6 is 0 Å². The summed E-state index contributed by atoms with van der Waals surface area (Å²) in [6.07, 6.45) is 0.892. The maximum atomic E-state index is 10.8. The summed E-state index contributed by atoms with van der Waals surface area (Å²) in [5.74, 6) is -1.12. The summed E-state index contributed by atoms with van der Waals surface area (Å²) < 4.78 is 0.